The van der Waals surface area contributed by atoms with Crippen LogP contribution in [0.5, 0.6) is 0 Å². The van der Waals surface area contributed by atoms with Crippen LogP contribution in [0, 0.1) is 23.2 Å². The second kappa shape index (κ2) is 6.82. The zero-order valence-corrected chi connectivity index (χ0v) is 14.7. The molecule has 4 bridgehead atoms. The van der Waals surface area contributed by atoms with Crippen LogP contribution >= 0.6 is 0 Å². The maximum Gasteiger partial charge on any atom is 0.307 e. The normalized spacial score (nSPS) is 34.4. The summed E-state index contributed by atoms with van der Waals surface area (Å²) in [6.45, 7) is 3.45. The molecule has 0 spiro atoms. The van der Waals surface area contributed by atoms with E-state index in [1.807, 2.05) is 4.90 Å². The Labute approximate surface area is 139 Å². The first-order valence-electron chi connectivity index (χ1n) is 9.42. The van der Waals surface area contributed by atoms with Crippen molar-refractivity contribution >= 4 is 11.9 Å². The summed E-state index contributed by atoms with van der Waals surface area (Å²) in [6, 6.07) is 0. The molecule has 0 N–H and O–H groups in total. The highest BCUT2D eigenvalue weighted by atomic mass is 16.5. The van der Waals surface area contributed by atoms with Crippen LogP contribution in [-0.4, -0.2) is 37.0 Å². The van der Waals surface area contributed by atoms with E-state index < -0.39 is 0 Å². The minimum Gasteiger partial charge on any atom is -0.469 e. The lowest BCUT2D eigenvalue weighted by atomic mass is 9.49. The lowest BCUT2D eigenvalue weighted by Gasteiger charge is -2.56. The molecule has 0 aromatic carbocycles. The maximum absolute atomic E-state index is 13.4. The van der Waals surface area contributed by atoms with Gasteiger partial charge >= 0.3 is 5.97 Å². The number of nitrogens with zero attached hydrogens (tertiary/aromatic N) is 1. The summed E-state index contributed by atoms with van der Waals surface area (Å²) in [6.07, 6.45) is 9.74. The predicted octanol–water partition coefficient (Wildman–Crippen LogP) is 3.39. The SMILES string of the molecule is CCCCN(CCC(=O)OC)C(=O)C12CC3CC(CC(C3)C1)C2. The van der Waals surface area contributed by atoms with Gasteiger partial charge in [-0.2, -0.15) is 0 Å². The van der Waals surface area contributed by atoms with Crippen molar-refractivity contribution in [3.05, 3.63) is 0 Å². The van der Waals surface area contributed by atoms with Gasteiger partial charge in [0.1, 0.15) is 0 Å². The van der Waals surface area contributed by atoms with E-state index in [2.05, 4.69) is 6.92 Å². The third-order valence-corrected chi connectivity index (χ3v) is 6.37. The van der Waals surface area contributed by atoms with E-state index in [-0.39, 0.29) is 11.4 Å². The van der Waals surface area contributed by atoms with Gasteiger partial charge < -0.3 is 9.64 Å². The first kappa shape index (κ1) is 16.8. The first-order chi connectivity index (χ1) is 11.1. The number of hydrogen-bond donors (Lipinski definition) is 0. The third-order valence-electron chi connectivity index (χ3n) is 6.37. The zero-order valence-electron chi connectivity index (χ0n) is 14.7. The molecule has 23 heavy (non-hydrogen) atoms. The smallest absolute Gasteiger partial charge is 0.307 e. The average molecular weight is 321 g/mol. The Morgan fingerprint density at radius 3 is 2.09 bits per heavy atom. The molecule has 4 aliphatic carbocycles. The van der Waals surface area contributed by atoms with Crippen molar-refractivity contribution in [1.29, 1.82) is 0 Å². The Morgan fingerprint density at radius 2 is 1.61 bits per heavy atom. The molecule has 4 heteroatoms. The zero-order chi connectivity index (χ0) is 16.4. The van der Waals surface area contributed by atoms with Gasteiger partial charge in [0.25, 0.3) is 0 Å². The number of esters is 1. The number of unbranched alkanes of at least 4 members (excludes halogenated alkanes) is 1. The van der Waals surface area contributed by atoms with E-state index in [0.717, 1.165) is 56.4 Å². The monoisotopic (exact) mass is 321 g/mol. The lowest BCUT2D eigenvalue weighted by Crippen LogP contribution is -2.55. The summed E-state index contributed by atoms with van der Waals surface area (Å²) in [5.74, 6) is 2.45. The van der Waals surface area contributed by atoms with Gasteiger partial charge in [0.15, 0.2) is 0 Å². The molecule has 0 saturated heterocycles. The summed E-state index contributed by atoms with van der Waals surface area (Å²) in [5, 5.41) is 0. The van der Waals surface area contributed by atoms with Crippen molar-refractivity contribution in [3.63, 3.8) is 0 Å². The third kappa shape index (κ3) is 3.41. The highest BCUT2D eigenvalue weighted by Crippen LogP contribution is 2.60. The van der Waals surface area contributed by atoms with Gasteiger partial charge in [-0.25, -0.2) is 0 Å². The fourth-order valence-electron chi connectivity index (χ4n) is 5.70. The van der Waals surface area contributed by atoms with E-state index in [0.29, 0.717) is 18.9 Å². The Balaban J connectivity index is 1.70. The van der Waals surface area contributed by atoms with Crippen molar-refractivity contribution in [3.8, 4) is 0 Å². The standard InChI is InChI=1S/C19H31NO3/c1-3-4-6-20(7-5-17(21)23-2)18(22)19-11-14-8-15(12-19)10-16(9-14)13-19/h14-16H,3-13H2,1-2H3. The van der Waals surface area contributed by atoms with E-state index in [1.54, 1.807) is 0 Å². The fraction of sp³-hybridized carbons (Fsp3) is 0.895. The summed E-state index contributed by atoms with van der Waals surface area (Å²) >= 11 is 0. The highest BCUT2D eigenvalue weighted by molar-refractivity contribution is 5.84. The topological polar surface area (TPSA) is 46.6 Å². The van der Waals surface area contributed by atoms with Crippen LogP contribution in [0.25, 0.3) is 0 Å². The van der Waals surface area contributed by atoms with Crippen LogP contribution in [0.2, 0.25) is 0 Å². The molecule has 0 radical (unpaired) electrons. The maximum atomic E-state index is 13.4. The van der Waals surface area contributed by atoms with Gasteiger partial charge in [-0.3, -0.25) is 9.59 Å². The Morgan fingerprint density at radius 1 is 1.04 bits per heavy atom. The van der Waals surface area contributed by atoms with Crippen LogP contribution in [0.4, 0.5) is 0 Å². The molecule has 0 aromatic rings. The quantitative estimate of drug-likeness (QED) is 0.675. The van der Waals surface area contributed by atoms with Crippen LogP contribution < -0.4 is 0 Å². The van der Waals surface area contributed by atoms with E-state index in [1.165, 1.54) is 26.4 Å². The van der Waals surface area contributed by atoms with E-state index in [9.17, 15) is 9.59 Å². The Bertz CT molecular complexity index is 424. The number of carbonyl (C=O) groups is 2. The number of carbonyl (C=O) groups excluding carboxylic acids is 2. The van der Waals surface area contributed by atoms with Gasteiger partial charge in [0.2, 0.25) is 5.91 Å². The molecule has 4 aliphatic rings. The Hall–Kier alpha value is -1.06. The summed E-state index contributed by atoms with van der Waals surface area (Å²) in [4.78, 5) is 26.9. The molecule has 0 unspecified atom stereocenters. The molecule has 0 aliphatic heterocycles. The molecule has 4 fully saturated rings. The molecule has 130 valence electrons. The minimum absolute atomic E-state index is 0.0986. The number of methoxy groups -OCH3 is 1. The molecule has 0 atom stereocenters. The predicted molar refractivity (Wildman–Crippen MR) is 88.7 cm³/mol. The summed E-state index contributed by atoms with van der Waals surface area (Å²) < 4.78 is 4.76. The van der Waals surface area contributed by atoms with Crippen molar-refractivity contribution < 1.29 is 14.3 Å². The fourth-order valence-corrected chi connectivity index (χ4v) is 5.70. The largest absolute Gasteiger partial charge is 0.469 e. The van der Waals surface area contributed by atoms with Gasteiger partial charge in [0, 0.05) is 13.1 Å². The van der Waals surface area contributed by atoms with Crippen molar-refractivity contribution in [2.24, 2.45) is 23.2 Å². The van der Waals surface area contributed by atoms with Crippen LogP contribution in [0.15, 0.2) is 0 Å². The van der Waals surface area contributed by atoms with Crippen molar-refractivity contribution in [1.82, 2.24) is 4.90 Å². The van der Waals surface area contributed by atoms with Gasteiger partial charge in [-0.05, 0) is 62.7 Å². The van der Waals surface area contributed by atoms with Crippen LogP contribution in [-0.2, 0) is 14.3 Å². The van der Waals surface area contributed by atoms with E-state index in [4.69, 9.17) is 4.74 Å². The molecule has 0 heterocycles. The molecule has 4 nitrogen and oxygen atoms in total. The molecule has 4 rings (SSSR count). The van der Waals surface area contributed by atoms with Crippen LogP contribution in [0.3, 0.4) is 0 Å². The number of rotatable bonds is 7. The summed E-state index contributed by atoms with van der Waals surface area (Å²) in [7, 11) is 1.42. The van der Waals surface area contributed by atoms with Crippen molar-refractivity contribution in [2.75, 3.05) is 20.2 Å². The first-order valence-corrected chi connectivity index (χ1v) is 9.42. The number of amides is 1. The van der Waals surface area contributed by atoms with E-state index >= 15 is 0 Å². The van der Waals surface area contributed by atoms with Gasteiger partial charge in [-0.1, -0.05) is 13.3 Å². The van der Waals surface area contributed by atoms with Crippen LogP contribution in [0.1, 0.15) is 64.7 Å². The molecule has 4 saturated carbocycles. The highest BCUT2D eigenvalue weighted by Gasteiger charge is 2.55. The van der Waals surface area contributed by atoms with Crippen molar-refractivity contribution in [2.45, 2.75) is 64.7 Å². The average Bonchev–Trinajstić information content (AvgIpc) is 2.52. The van der Waals surface area contributed by atoms with Gasteiger partial charge in [-0.15, -0.1) is 0 Å². The lowest BCUT2D eigenvalue weighted by molar-refractivity contribution is -0.158. The molecule has 1 amide bonds. The minimum atomic E-state index is -0.218. The summed E-state index contributed by atoms with van der Waals surface area (Å²) in [5.41, 5.74) is -0.0986. The second-order valence-corrected chi connectivity index (χ2v) is 8.17. The molecular formula is C19H31NO3. The molecule has 0 aromatic heterocycles. The number of ether oxygens (including phenoxy) is 1. The number of hydrogen-bond acceptors (Lipinski definition) is 3. The van der Waals surface area contributed by atoms with Gasteiger partial charge in [0.05, 0.1) is 18.9 Å². The molecular weight excluding hydrogens is 290 g/mol. The Kier molecular flexibility index (Phi) is 4.98. The second-order valence-electron chi connectivity index (χ2n) is 8.17.